The van der Waals surface area contributed by atoms with Gasteiger partial charge in [0.2, 0.25) is 0 Å². The molecule has 0 heterocycles. The van der Waals surface area contributed by atoms with E-state index >= 15 is 0 Å². The highest BCUT2D eigenvalue weighted by atomic mass is 15.1. The van der Waals surface area contributed by atoms with Crippen molar-refractivity contribution in [2.45, 2.75) is 24.7 Å². The van der Waals surface area contributed by atoms with Gasteiger partial charge in [-0.25, -0.2) is 0 Å². The minimum Gasteiger partial charge on any atom is -0.309 e. The van der Waals surface area contributed by atoms with Crippen molar-refractivity contribution in [3.63, 3.8) is 0 Å². The van der Waals surface area contributed by atoms with E-state index in [2.05, 4.69) is 243 Å². The third kappa shape index (κ3) is 5.08. The zero-order valence-electron chi connectivity index (χ0n) is 34.3. The van der Waals surface area contributed by atoms with E-state index in [9.17, 15) is 0 Å². The molecular weight excluding hydrogens is 735 g/mol. The first-order valence-electron chi connectivity index (χ1n) is 21.4. The standard InChI is InChI=1S/C60H43N/c1-59(41-22-8-4-9-23-41)53-32-18-16-28-47(53)49-36-34-43(38-55(49)59)61(44-35-37-50-48-29-17-19-33-54(48)60(2,56(50)39-44)42-24-10-5-11-25-42)58-52-31-15-13-27-46(52)45-26-12-14-30-51(45)57(58)40-20-6-3-7-21-40/h3-39H,1-2H3. The van der Waals surface area contributed by atoms with Crippen molar-refractivity contribution < 1.29 is 0 Å². The third-order valence-corrected chi connectivity index (χ3v) is 14.0. The highest BCUT2D eigenvalue weighted by Crippen LogP contribution is 2.58. The van der Waals surface area contributed by atoms with Crippen molar-refractivity contribution in [1.82, 2.24) is 0 Å². The molecule has 2 aliphatic carbocycles. The third-order valence-electron chi connectivity index (χ3n) is 14.0. The molecule has 0 aliphatic heterocycles. The molecule has 0 bridgehead atoms. The number of fused-ring (bicyclic) bond motifs is 9. The quantitative estimate of drug-likeness (QED) is 0.152. The summed E-state index contributed by atoms with van der Waals surface area (Å²) in [4.78, 5) is 2.58. The predicted molar refractivity (Wildman–Crippen MR) is 256 cm³/mol. The summed E-state index contributed by atoms with van der Waals surface area (Å²) in [5, 5.41) is 4.94. The Morgan fingerprint density at radius 1 is 0.311 bits per heavy atom. The summed E-state index contributed by atoms with van der Waals surface area (Å²) < 4.78 is 0. The Morgan fingerprint density at radius 2 is 0.689 bits per heavy atom. The zero-order chi connectivity index (χ0) is 40.7. The van der Waals surface area contributed by atoms with Gasteiger partial charge in [0.05, 0.1) is 5.69 Å². The lowest BCUT2D eigenvalue weighted by atomic mass is 9.74. The van der Waals surface area contributed by atoms with Crippen LogP contribution in [0.1, 0.15) is 47.2 Å². The topological polar surface area (TPSA) is 3.24 Å². The molecule has 10 aromatic rings. The van der Waals surface area contributed by atoms with Gasteiger partial charge in [-0.3, -0.25) is 0 Å². The van der Waals surface area contributed by atoms with Gasteiger partial charge < -0.3 is 4.90 Å². The van der Waals surface area contributed by atoms with Crippen molar-refractivity contribution in [2.24, 2.45) is 0 Å². The summed E-state index contributed by atoms with van der Waals surface area (Å²) in [6, 6.07) is 83.6. The van der Waals surface area contributed by atoms with E-state index in [0.717, 1.165) is 11.4 Å². The van der Waals surface area contributed by atoms with E-state index in [4.69, 9.17) is 0 Å². The number of benzene rings is 10. The van der Waals surface area contributed by atoms with Crippen LogP contribution in [0.5, 0.6) is 0 Å². The van der Waals surface area contributed by atoms with Crippen LogP contribution in [0.3, 0.4) is 0 Å². The molecule has 0 spiro atoms. The molecule has 0 saturated heterocycles. The molecule has 0 saturated carbocycles. The van der Waals surface area contributed by atoms with Gasteiger partial charge in [-0.15, -0.1) is 0 Å². The number of hydrogen-bond donors (Lipinski definition) is 0. The second kappa shape index (κ2) is 13.5. The fourth-order valence-corrected chi connectivity index (χ4v) is 11.1. The van der Waals surface area contributed by atoms with Gasteiger partial charge >= 0.3 is 0 Å². The van der Waals surface area contributed by atoms with Crippen LogP contribution in [-0.2, 0) is 10.8 Å². The van der Waals surface area contributed by atoms with Crippen molar-refractivity contribution in [3.05, 3.63) is 258 Å². The second-order valence-electron chi connectivity index (χ2n) is 17.0. The van der Waals surface area contributed by atoms with Gasteiger partial charge in [-0.05, 0) is 115 Å². The Kier molecular flexibility index (Phi) is 7.86. The smallest absolute Gasteiger partial charge is 0.0624 e. The maximum absolute atomic E-state index is 2.58. The highest BCUT2D eigenvalue weighted by Gasteiger charge is 2.43. The first-order valence-corrected chi connectivity index (χ1v) is 21.4. The fraction of sp³-hybridized carbons (Fsp3) is 0.0667. The molecule has 2 aliphatic rings. The van der Waals surface area contributed by atoms with Crippen LogP contribution in [-0.4, -0.2) is 0 Å². The summed E-state index contributed by atoms with van der Waals surface area (Å²) in [6.07, 6.45) is 0. The van der Waals surface area contributed by atoms with Crippen LogP contribution in [0, 0.1) is 0 Å². The molecule has 2 atom stereocenters. The lowest BCUT2D eigenvalue weighted by Crippen LogP contribution is -2.23. The Labute approximate surface area is 357 Å². The van der Waals surface area contributed by atoms with Crippen LogP contribution in [0.15, 0.2) is 224 Å². The van der Waals surface area contributed by atoms with E-state index in [1.807, 2.05) is 0 Å². The Hall–Kier alpha value is -7.48. The molecule has 61 heavy (non-hydrogen) atoms. The molecule has 0 N–H and O–H groups in total. The molecule has 0 fully saturated rings. The van der Waals surface area contributed by atoms with Gasteiger partial charge in [-0.2, -0.15) is 0 Å². The van der Waals surface area contributed by atoms with Crippen molar-refractivity contribution in [2.75, 3.05) is 4.90 Å². The SMILES string of the molecule is CC1(c2ccccc2)c2ccccc2-c2ccc(N(c3ccc4c(c3)C(C)(c3ccccc3)c3ccccc3-4)c3c(-c4ccccc4)c4ccccc4c4ccccc34)cc21. The molecule has 288 valence electrons. The molecular formula is C60H43N. The number of nitrogens with zero attached hydrogens (tertiary/aromatic N) is 1. The maximum atomic E-state index is 2.58. The number of anilines is 3. The van der Waals surface area contributed by atoms with Crippen LogP contribution in [0.2, 0.25) is 0 Å². The monoisotopic (exact) mass is 777 g/mol. The minimum atomic E-state index is -0.353. The normalized spacial score (nSPS) is 17.1. The summed E-state index contributed by atoms with van der Waals surface area (Å²) in [7, 11) is 0. The first kappa shape index (κ1) is 35.5. The summed E-state index contributed by atoms with van der Waals surface area (Å²) in [5.41, 5.74) is 18.2. The number of rotatable bonds is 6. The van der Waals surface area contributed by atoms with E-state index in [1.165, 1.54) is 94.0 Å². The van der Waals surface area contributed by atoms with E-state index in [0.29, 0.717) is 0 Å². The van der Waals surface area contributed by atoms with Gasteiger partial charge in [0.25, 0.3) is 0 Å². The van der Waals surface area contributed by atoms with Crippen molar-refractivity contribution in [3.8, 4) is 33.4 Å². The van der Waals surface area contributed by atoms with Gasteiger partial charge in [0.15, 0.2) is 0 Å². The molecule has 0 amide bonds. The Morgan fingerprint density at radius 3 is 1.20 bits per heavy atom. The fourth-order valence-electron chi connectivity index (χ4n) is 11.1. The molecule has 0 aromatic heterocycles. The van der Waals surface area contributed by atoms with Crippen LogP contribution < -0.4 is 4.90 Å². The van der Waals surface area contributed by atoms with Crippen LogP contribution >= 0.6 is 0 Å². The molecule has 2 unspecified atom stereocenters. The lowest BCUT2D eigenvalue weighted by molar-refractivity contribution is 0.713. The zero-order valence-corrected chi connectivity index (χ0v) is 34.3. The summed E-state index contributed by atoms with van der Waals surface area (Å²) in [6.45, 7) is 4.83. The molecule has 0 radical (unpaired) electrons. The summed E-state index contributed by atoms with van der Waals surface area (Å²) in [5.74, 6) is 0. The van der Waals surface area contributed by atoms with E-state index in [-0.39, 0.29) is 10.8 Å². The maximum Gasteiger partial charge on any atom is 0.0624 e. The van der Waals surface area contributed by atoms with Gasteiger partial charge in [0.1, 0.15) is 0 Å². The summed E-state index contributed by atoms with van der Waals surface area (Å²) >= 11 is 0. The predicted octanol–water partition coefficient (Wildman–Crippen LogP) is 15.8. The van der Waals surface area contributed by atoms with E-state index in [1.54, 1.807) is 0 Å². The Bertz CT molecular complexity index is 3190. The van der Waals surface area contributed by atoms with Gasteiger partial charge in [-0.1, -0.05) is 200 Å². The second-order valence-corrected chi connectivity index (χ2v) is 17.0. The van der Waals surface area contributed by atoms with Crippen molar-refractivity contribution >= 4 is 38.6 Å². The first-order chi connectivity index (χ1) is 30.0. The van der Waals surface area contributed by atoms with Crippen LogP contribution in [0.25, 0.3) is 54.9 Å². The van der Waals surface area contributed by atoms with E-state index < -0.39 is 0 Å². The minimum absolute atomic E-state index is 0.353. The van der Waals surface area contributed by atoms with Crippen molar-refractivity contribution in [1.29, 1.82) is 0 Å². The number of hydrogen-bond acceptors (Lipinski definition) is 1. The largest absolute Gasteiger partial charge is 0.309 e. The molecule has 1 nitrogen and oxygen atoms in total. The molecule has 10 aromatic carbocycles. The average Bonchev–Trinajstić information content (AvgIpc) is 3.75. The highest BCUT2D eigenvalue weighted by molar-refractivity contribution is 6.22. The van der Waals surface area contributed by atoms with Crippen LogP contribution in [0.4, 0.5) is 17.1 Å². The lowest BCUT2D eigenvalue weighted by Gasteiger charge is -2.34. The van der Waals surface area contributed by atoms with Gasteiger partial charge in [0, 0.05) is 33.2 Å². The molecule has 12 rings (SSSR count). The Balaban J connectivity index is 1.20. The molecule has 1 heteroatoms. The average molecular weight is 778 g/mol.